The van der Waals surface area contributed by atoms with E-state index >= 15 is 0 Å². The smallest absolute Gasteiger partial charge is 0.230 e. The molecule has 1 heterocycles. The predicted molar refractivity (Wildman–Crippen MR) is 88.7 cm³/mol. The summed E-state index contributed by atoms with van der Waals surface area (Å²) in [6.07, 6.45) is 3.56. The number of carbonyl (C=O) groups excluding carboxylic acids is 1. The van der Waals surface area contributed by atoms with Gasteiger partial charge in [-0.1, -0.05) is 43.7 Å². The van der Waals surface area contributed by atoms with Crippen LogP contribution in [0.2, 0.25) is 0 Å². The zero-order valence-electron chi connectivity index (χ0n) is 12.8. The molecule has 0 aliphatic heterocycles. The number of hydrogen-bond acceptors (Lipinski definition) is 3. The number of aromatic nitrogens is 2. The minimum atomic E-state index is 0.0645. The molecule has 4 nitrogen and oxygen atoms in total. The molecule has 0 bridgehead atoms. The Morgan fingerprint density at radius 3 is 2.86 bits per heavy atom. The summed E-state index contributed by atoms with van der Waals surface area (Å²) in [6.45, 7) is 5.78. The molecule has 0 saturated heterocycles. The quantitative estimate of drug-likeness (QED) is 0.600. The highest BCUT2D eigenvalue weighted by Crippen LogP contribution is 2.24. The van der Waals surface area contributed by atoms with E-state index in [4.69, 9.17) is 0 Å². The molecular formula is C16H23N3OS. The van der Waals surface area contributed by atoms with Crippen LogP contribution in [-0.2, 0) is 11.3 Å². The number of rotatable bonds is 8. The van der Waals surface area contributed by atoms with Crippen molar-refractivity contribution < 1.29 is 4.79 Å². The van der Waals surface area contributed by atoms with Crippen molar-refractivity contribution in [2.45, 2.75) is 44.8 Å². The van der Waals surface area contributed by atoms with Gasteiger partial charge in [0, 0.05) is 13.1 Å². The normalized spacial score (nSPS) is 11.0. The van der Waals surface area contributed by atoms with Crippen molar-refractivity contribution in [3.63, 3.8) is 0 Å². The highest BCUT2D eigenvalue weighted by atomic mass is 32.2. The monoisotopic (exact) mass is 305 g/mol. The Bertz CT molecular complexity index is 594. The Balaban J connectivity index is 2.16. The van der Waals surface area contributed by atoms with Gasteiger partial charge in [0.15, 0.2) is 5.16 Å². The molecule has 0 atom stereocenters. The van der Waals surface area contributed by atoms with Gasteiger partial charge in [-0.2, -0.15) is 0 Å². The molecule has 114 valence electrons. The molecule has 2 aromatic rings. The van der Waals surface area contributed by atoms with E-state index in [1.807, 2.05) is 25.1 Å². The van der Waals surface area contributed by atoms with Gasteiger partial charge in [-0.3, -0.25) is 4.79 Å². The van der Waals surface area contributed by atoms with Crippen molar-refractivity contribution in [1.82, 2.24) is 14.9 Å². The van der Waals surface area contributed by atoms with Crippen molar-refractivity contribution in [3.05, 3.63) is 24.3 Å². The van der Waals surface area contributed by atoms with Gasteiger partial charge in [0.25, 0.3) is 0 Å². The molecule has 1 aromatic carbocycles. The largest absolute Gasteiger partial charge is 0.356 e. The van der Waals surface area contributed by atoms with Gasteiger partial charge >= 0.3 is 0 Å². The number of carbonyl (C=O) groups is 1. The SMILES string of the molecule is CCCCCn1c(SCC(=O)NCC)nc2ccccc21. The van der Waals surface area contributed by atoms with E-state index in [2.05, 4.69) is 27.9 Å². The van der Waals surface area contributed by atoms with Crippen molar-refractivity contribution in [2.75, 3.05) is 12.3 Å². The molecule has 1 aromatic heterocycles. The summed E-state index contributed by atoms with van der Waals surface area (Å²) in [6, 6.07) is 8.18. The second-order valence-electron chi connectivity index (χ2n) is 4.98. The van der Waals surface area contributed by atoms with Crippen LogP contribution >= 0.6 is 11.8 Å². The molecule has 0 radical (unpaired) electrons. The Kier molecular flexibility index (Phi) is 6.11. The number of para-hydroxylation sites is 2. The van der Waals surface area contributed by atoms with Crippen molar-refractivity contribution in [2.24, 2.45) is 0 Å². The van der Waals surface area contributed by atoms with Crippen LogP contribution in [0.25, 0.3) is 11.0 Å². The van der Waals surface area contributed by atoms with Gasteiger partial charge < -0.3 is 9.88 Å². The fourth-order valence-corrected chi connectivity index (χ4v) is 3.15. The van der Waals surface area contributed by atoms with Crippen LogP contribution in [0.3, 0.4) is 0 Å². The lowest BCUT2D eigenvalue weighted by Gasteiger charge is -2.08. The summed E-state index contributed by atoms with van der Waals surface area (Å²) in [5.74, 6) is 0.486. The Morgan fingerprint density at radius 2 is 2.10 bits per heavy atom. The second-order valence-corrected chi connectivity index (χ2v) is 5.93. The fraction of sp³-hybridized carbons (Fsp3) is 0.500. The number of imidazole rings is 1. The number of thioether (sulfide) groups is 1. The van der Waals surface area contributed by atoms with E-state index in [-0.39, 0.29) is 5.91 Å². The summed E-state index contributed by atoms with van der Waals surface area (Å²) in [5.41, 5.74) is 2.17. The maximum atomic E-state index is 11.6. The molecule has 2 rings (SSSR count). The summed E-state index contributed by atoms with van der Waals surface area (Å²) in [5, 5.41) is 3.77. The van der Waals surface area contributed by atoms with Crippen molar-refractivity contribution in [3.8, 4) is 0 Å². The van der Waals surface area contributed by atoms with E-state index in [0.29, 0.717) is 12.3 Å². The second kappa shape index (κ2) is 8.08. The van der Waals surface area contributed by atoms with E-state index < -0.39 is 0 Å². The van der Waals surface area contributed by atoms with Crippen LogP contribution in [-0.4, -0.2) is 27.8 Å². The molecule has 21 heavy (non-hydrogen) atoms. The van der Waals surface area contributed by atoms with Crippen molar-refractivity contribution in [1.29, 1.82) is 0 Å². The van der Waals surface area contributed by atoms with Gasteiger partial charge in [0.2, 0.25) is 5.91 Å². The molecule has 0 aliphatic rings. The average molecular weight is 305 g/mol. The Morgan fingerprint density at radius 1 is 1.29 bits per heavy atom. The molecular weight excluding hydrogens is 282 g/mol. The minimum absolute atomic E-state index is 0.0645. The highest BCUT2D eigenvalue weighted by molar-refractivity contribution is 7.99. The number of nitrogens with one attached hydrogen (secondary N) is 1. The molecule has 0 unspecified atom stereocenters. The standard InChI is InChI=1S/C16H23N3OS/c1-3-5-8-11-19-14-10-7-6-9-13(14)18-16(19)21-12-15(20)17-4-2/h6-7,9-10H,3-5,8,11-12H2,1-2H3,(H,17,20). The van der Waals surface area contributed by atoms with E-state index in [1.165, 1.54) is 24.6 Å². The molecule has 1 amide bonds. The third kappa shape index (κ3) is 4.24. The number of aryl methyl sites for hydroxylation is 1. The lowest BCUT2D eigenvalue weighted by molar-refractivity contribution is -0.118. The van der Waals surface area contributed by atoms with Gasteiger partial charge in [-0.25, -0.2) is 4.98 Å². The fourth-order valence-electron chi connectivity index (χ4n) is 2.28. The van der Waals surface area contributed by atoms with Crippen molar-refractivity contribution >= 4 is 28.7 Å². The van der Waals surface area contributed by atoms with Crippen LogP contribution in [0.1, 0.15) is 33.1 Å². The Hall–Kier alpha value is -1.49. The minimum Gasteiger partial charge on any atom is -0.356 e. The first-order valence-corrected chi connectivity index (χ1v) is 8.59. The van der Waals surface area contributed by atoms with Gasteiger partial charge in [-0.05, 0) is 25.5 Å². The molecule has 0 spiro atoms. The number of fused-ring (bicyclic) bond motifs is 1. The number of hydrogen-bond donors (Lipinski definition) is 1. The molecule has 0 saturated carbocycles. The van der Waals surface area contributed by atoms with Crippen LogP contribution in [0.4, 0.5) is 0 Å². The Labute approximate surface area is 130 Å². The third-order valence-electron chi connectivity index (χ3n) is 3.31. The number of amides is 1. The summed E-state index contributed by atoms with van der Waals surface area (Å²) < 4.78 is 2.24. The van der Waals surface area contributed by atoms with Crippen LogP contribution in [0.5, 0.6) is 0 Å². The third-order valence-corrected chi connectivity index (χ3v) is 4.29. The summed E-state index contributed by atoms with van der Waals surface area (Å²) in [4.78, 5) is 16.3. The van der Waals surface area contributed by atoms with E-state index in [0.717, 1.165) is 29.2 Å². The highest BCUT2D eigenvalue weighted by Gasteiger charge is 2.12. The summed E-state index contributed by atoms with van der Waals surface area (Å²) in [7, 11) is 0. The predicted octanol–water partition coefficient (Wildman–Crippen LogP) is 3.45. The number of unbranched alkanes of at least 4 members (excludes halogenated alkanes) is 2. The average Bonchev–Trinajstić information content (AvgIpc) is 2.84. The number of nitrogens with zero attached hydrogens (tertiary/aromatic N) is 2. The van der Waals surface area contributed by atoms with Gasteiger partial charge in [-0.15, -0.1) is 0 Å². The molecule has 5 heteroatoms. The molecule has 0 fully saturated rings. The zero-order chi connectivity index (χ0) is 15.1. The zero-order valence-corrected chi connectivity index (χ0v) is 13.6. The first-order chi connectivity index (χ1) is 10.3. The topological polar surface area (TPSA) is 46.9 Å². The summed E-state index contributed by atoms with van der Waals surface area (Å²) >= 11 is 1.52. The maximum Gasteiger partial charge on any atom is 0.230 e. The van der Waals surface area contributed by atoms with Crippen LogP contribution in [0.15, 0.2) is 29.4 Å². The molecule has 1 N–H and O–H groups in total. The molecule has 0 aliphatic carbocycles. The first-order valence-electron chi connectivity index (χ1n) is 7.61. The lowest BCUT2D eigenvalue weighted by Crippen LogP contribution is -2.24. The number of benzene rings is 1. The van der Waals surface area contributed by atoms with E-state index in [9.17, 15) is 4.79 Å². The van der Waals surface area contributed by atoms with Crippen LogP contribution in [0, 0.1) is 0 Å². The van der Waals surface area contributed by atoms with Crippen LogP contribution < -0.4 is 5.32 Å². The lowest BCUT2D eigenvalue weighted by atomic mass is 10.2. The first kappa shape index (κ1) is 15.9. The van der Waals surface area contributed by atoms with Gasteiger partial charge in [0.1, 0.15) is 0 Å². The van der Waals surface area contributed by atoms with Gasteiger partial charge in [0.05, 0.1) is 16.8 Å². The van der Waals surface area contributed by atoms with E-state index in [1.54, 1.807) is 0 Å². The maximum absolute atomic E-state index is 11.6.